The third kappa shape index (κ3) is 3.97. The first-order valence-electron chi connectivity index (χ1n) is 14.5. The monoisotopic (exact) mass is 583 g/mol. The van der Waals surface area contributed by atoms with Gasteiger partial charge in [0, 0.05) is 57.1 Å². The fraction of sp³-hybridized carbons (Fsp3) is 0. The van der Waals surface area contributed by atoms with Gasteiger partial charge in [-0.2, -0.15) is 0 Å². The standard InChI is InChI=1S/C40H25NS2/c1-2-10-26(11-3-1)27-12-8-13-28(24-27)41(29-20-21-32-31-14-4-6-18-36(31)43-39(32)25-29)35-17-9-16-33-30(35)22-23-38-40(33)34-15-5-7-19-37(34)42-38/h1-25H. The maximum absolute atomic E-state index is 2.44. The van der Waals surface area contributed by atoms with E-state index in [1.165, 1.54) is 67.9 Å². The summed E-state index contributed by atoms with van der Waals surface area (Å²) >= 11 is 3.74. The van der Waals surface area contributed by atoms with Gasteiger partial charge in [-0.3, -0.25) is 0 Å². The van der Waals surface area contributed by atoms with Gasteiger partial charge in [-0.1, -0.05) is 103 Å². The van der Waals surface area contributed by atoms with Gasteiger partial charge in [-0.15, -0.1) is 22.7 Å². The molecule has 0 saturated carbocycles. The van der Waals surface area contributed by atoms with Gasteiger partial charge in [0.1, 0.15) is 0 Å². The Kier molecular flexibility index (Phi) is 5.62. The number of thiophene rings is 2. The zero-order valence-electron chi connectivity index (χ0n) is 23.2. The van der Waals surface area contributed by atoms with E-state index < -0.39 is 0 Å². The molecule has 2 aromatic heterocycles. The average Bonchev–Trinajstić information content (AvgIpc) is 3.64. The van der Waals surface area contributed by atoms with Crippen LogP contribution in [0.15, 0.2) is 152 Å². The summed E-state index contributed by atoms with van der Waals surface area (Å²) in [7, 11) is 0. The number of anilines is 3. The predicted molar refractivity (Wildman–Crippen MR) is 190 cm³/mol. The van der Waals surface area contributed by atoms with Crippen molar-refractivity contribution in [1.82, 2.24) is 0 Å². The molecule has 43 heavy (non-hydrogen) atoms. The molecule has 0 atom stereocenters. The molecule has 1 nitrogen and oxygen atoms in total. The van der Waals surface area contributed by atoms with Gasteiger partial charge >= 0.3 is 0 Å². The molecule has 0 amide bonds. The summed E-state index contributed by atoms with van der Waals surface area (Å²) in [6.45, 7) is 0. The molecule has 0 unspecified atom stereocenters. The summed E-state index contributed by atoms with van der Waals surface area (Å²) < 4.78 is 5.28. The molecule has 0 spiro atoms. The summed E-state index contributed by atoms with van der Waals surface area (Å²) in [6.07, 6.45) is 0. The molecule has 0 aliphatic heterocycles. The van der Waals surface area contributed by atoms with Crippen LogP contribution in [0.2, 0.25) is 0 Å². The van der Waals surface area contributed by atoms with E-state index in [-0.39, 0.29) is 0 Å². The van der Waals surface area contributed by atoms with Gasteiger partial charge in [0.05, 0.1) is 5.69 Å². The van der Waals surface area contributed by atoms with E-state index in [1.54, 1.807) is 0 Å². The second-order valence-electron chi connectivity index (χ2n) is 10.9. The molecule has 0 saturated heterocycles. The number of benzene rings is 7. The Bertz CT molecular complexity index is 2470. The van der Waals surface area contributed by atoms with Crippen molar-refractivity contribution in [2.45, 2.75) is 0 Å². The maximum atomic E-state index is 2.44. The first kappa shape index (κ1) is 24.6. The largest absolute Gasteiger partial charge is 0.310 e. The zero-order chi connectivity index (χ0) is 28.3. The molecule has 9 rings (SSSR count). The van der Waals surface area contributed by atoms with Crippen molar-refractivity contribution < 1.29 is 0 Å². The van der Waals surface area contributed by atoms with Crippen molar-refractivity contribution >= 4 is 90.9 Å². The maximum Gasteiger partial charge on any atom is 0.0540 e. The van der Waals surface area contributed by atoms with E-state index in [2.05, 4.69) is 157 Å². The van der Waals surface area contributed by atoms with Gasteiger partial charge in [-0.05, 0) is 65.0 Å². The lowest BCUT2D eigenvalue weighted by molar-refractivity contribution is 1.31. The first-order chi connectivity index (χ1) is 21.3. The minimum atomic E-state index is 1.14. The van der Waals surface area contributed by atoms with Crippen LogP contribution in [0, 0.1) is 0 Å². The van der Waals surface area contributed by atoms with Crippen LogP contribution in [0.1, 0.15) is 0 Å². The minimum absolute atomic E-state index is 1.14. The second-order valence-corrected chi connectivity index (χ2v) is 13.1. The summed E-state index contributed by atoms with van der Waals surface area (Å²) in [5.41, 5.74) is 5.91. The van der Waals surface area contributed by atoms with Crippen molar-refractivity contribution in [1.29, 1.82) is 0 Å². The van der Waals surface area contributed by atoms with Gasteiger partial charge in [0.2, 0.25) is 0 Å². The average molecular weight is 584 g/mol. The molecular weight excluding hydrogens is 559 g/mol. The van der Waals surface area contributed by atoms with E-state index in [1.807, 2.05) is 22.7 Å². The Morgan fingerprint density at radius 1 is 0.349 bits per heavy atom. The lowest BCUT2D eigenvalue weighted by Crippen LogP contribution is -2.10. The zero-order valence-corrected chi connectivity index (χ0v) is 24.8. The molecule has 202 valence electrons. The van der Waals surface area contributed by atoms with Crippen LogP contribution in [0.25, 0.3) is 62.2 Å². The van der Waals surface area contributed by atoms with Gasteiger partial charge in [0.25, 0.3) is 0 Å². The fourth-order valence-corrected chi connectivity index (χ4v) is 8.76. The van der Waals surface area contributed by atoms with E-state index in [4.69, 9.17) is 0 Å². The van der Waals surface area contributed by atoms with Crippen LogP contribution < -0.4 is 4.90 Å². The van der Waals surface area contributed by atoms with Crippen molar-refractivity contribution in [2.75, 3.05) is 4.90 Å². The Labute approximate surface area is 257 Å². The third-order valence-electron chi connectivity index (χ3n) is 8.45. The SMILES string of the molecule is c1ccc(-c2cccc(N(c3ccc4c(c3)sc3ccccc34)c3cccc4c3ccc3sc5ccccc5c34)c2)cc1. The van der Waals surface area contributed by atoms with E-state index >= 15 is 0 Å². The molecule has 7 aromatic carbocycles. The van der Waals surface area contributed by atoms with Crippen LogP contribution in [-0.4, -0.2) is 0 Å². The lowest BCUT2D eigenvalue weighted by atomic mass is 10.0. The lowest BCUT2D eigenvalue weighted by Gasteiger charge is -2.27. The highest BCUT2D eigenvalue weighted by molar-refractivity contribution is 7.26. The molecule has 9 aromatic rings. The van der Waals surface area contributed by atoms with Crippen LogP contribution in [0.3, 0.4) is 0 Å². The quantitative estimate of drug-likeness (QED) is 0.199. The van der Waals surface area contributed by atoms with Crippen molar-refractivity contribution in [3.63, 3.8) is 0 Å². The molecule has 3 heteroatoms. The summed E-state index contributed by atoms with van der Waals surface area (Å²) in [4.78, 5) is 2.44. The summed E-state index contributed by atoms with van der Waals surface area (Å²) in [5.74, 6) is 0. The van der Waals surface area contributed by atoms with Crippen molar-refractivity contribution in [3.05, 3.63) is 152 Å². The highest BCUT2D eigenvalue weighted by Gasteiger charge is 2.19. The number of hydrogen-bond donors (Lipinski definition) is 0. The Hall–Kier alpha value is -4.96. The molecular formula is C40H25NS2. The number of hydrogen-bond acceptors (Lipinski definition) is 3. The molecule has 0 radical (unpaired) electrons. The third-order valence-corrected chi connectivity index (χ3v) is 10.7. The van der Waals surface area contributed by atoms with E-state index in [0.29, 0.717) is 0 Å². The second kappa shape index (κ2) is 9.81. The van der Waals surface area contributed by atoms with Gasteiger partial charge in [-0.25, -0.2) is 0 Å². The Balaban J connectivity index is 1.32. The fourth-order valence-electron chi connectivity index (χ4n) is 6.50. The molecule has 0 aliphatic rings. The van der Waals surface area contributed by atoms with Crippen LogP contribution >= 0.6 is 22.7 Å². The topological polar surface area (TPSA) is 3.24 Å². The van der Waals surface area contributed by atoms with Crippen LogP contribution in [-0.2, 0) is 0 Å². The first-order valence-corrected chi connectivity index (χ1v) is 16.1. The Morgan fingerprint density at radius 3 is 1.86 bits per heavy atom. The van der Waals surface area contributed by atoms with Crippen molar-refractivity contribution in [3.8, 4) is 11.1 Å². The highest BCUT2D eigenvalue weighted by atomic mass is 32.1. The smallest absolute Gasteiger partial charge is 0.0540 e. The highest BCUT2D eigenvalue weighted by Crippen LogP contribution is 2.46. The van der Waals surface area contributed by atoms with Crippen molar-refractivity contribution in [2.24, 2.45) is 0 Å². The molecule has 2 heterocycles. The predicted octanol–water partition coefficient (Wildman–Crippen LogP) is 12.7. The molecule has 0 N–H and O–H groups in total. The number of fused-ring (bicyclic) bond motifs is 8. The Morgan fingerprint density at radius 2 is 0.977 bits per heavy atom. The summed E-state index contributed by atoms with van der Waals surface area (Å²) in [5, 5.41) is 7.85. The number of rotatable bonds is 4. The van der Waals surface area contributed by atoms with E-state index in [9.17, 15) is 0 Å². The molecule has 0 bridgehead atoms. The molecule has 0 fully saturated rings. The molecule has 0 aliphatic carbocycles. The van der Waals surface area contributed by atoms with Gasteiger partial charge < -0.3 is 4.90 Å². The minimum Gasteiger partial charge on any atom is -0.310 e. The van der Waals surface area contributed by atoms with Crippen LogP contribution in [0.4, 0.5) is 17.1 Å². The van der Waals surface area contributed by atoms with E-state index in [0.717, 1.165) is 11.4 Å². The summed E-state index contributed by atoms with van der Waals surface area (Å²) in [6, 6.07) is 55.4. The van der Waals surface area contributed by atoms with Crippen LogP contribution in [0.5, 0.6) is 0 Å². The number of nitrogens with zero attached hydrogens (tertiary/aromatic N) is 1. The normalized spacial score (nSPS) is 11.7. The van der Waals surface area contributed by atoms with Gasteiger partial charge in [0.15, 0.2) is 0 Å².